The standard InChI is InChI=1S/C13H22N2O/c1-4-8-14-13(16)11(3)15-12-7-5-6-10(2)9-12/h1,10-12,15H,5-9H2,2-3H3,(H,14,16). The Morgan fingerprint density at radius 3 is 2.94 bits per heavy atom. The summed E-state index contributed by atoms with van der Waals surface area (Å²) in [4.78, 5) is 11.6. The zero-order chi connectivity index (χ0) is 12.0. The molecule has 1 fully saturated rings. The van der Waals surface area contributed by atoms with Crippen LogP contribution >= 0.6 is 0 Å². The van der Waals surface area contributed by atoms with Gasteiger partial charge in [-0.2, -0.15) is 0 Å². The average Bonchev–Trinajstić information content (AvgIpc) is 2.25. The van der Waals surface area contributed by atoms with E-state index in [1.54, 1.807) is 0 Å². The maximum absolute atomic E-state index is 11.6. The molecule has 16 heavy (non-hydrogen) atoms. The fourth-order valence-corrected chi connectivity index (χ4v) is 2.31. The van der Waals surface area contributed by atoms with Gasteiger partial charge >= 0.3 is 0 Å². The van der Waals surface area contributed by atoms with Gasteiger partial charge in [0.2, 0.25) is 5.91 Å². The van der Waals surface area contributed by atoms with Crippen molar-refractivity contribution in [3.63, 3.8) is 0 Å². The van der Waals surface area contributed by atoms with Crippen molar-refractivity contribution in [3.8, 4) is 12.3 Å². The molecular weight excluding hydrogens is 200 g/mol. The van der Waals surface area contributed by atoms with Gasteiger partial charge in [-0.05, 0) is 25.7 Å². The lowest BCUT2D eigenvalue weighted by Gasteiger charge is -2.29. The minimum atomic E-state index is -0.149. The van der Waals surface area contributed by atoms with Crippen molar-refractivity contribution < 1.29 is 4.79 Å². The molecular formula is C13H22N2O. The fraction of sp³-hybridized carbons (Fsp3) is 0.769. The second-order valence-corrected chi connectivity index (χ2v) is 4.78. The van der Waals surface area contributed by atoms with Gasteiger partial charge in [0.15, 0.2) is 0 Å². The Morgan fingerprint density at radius 2 is 2.31 bits per heavy atom. The van der Waals surface area contributed by atoms with Crippen LogP contribution in [0.25, 0.3) is 0 Å². The van der Waals surface area contributed by atoms with Crippen molar-refractivity contribution in [3.05, 3.63) is 0 Å². The third-order valence-electron chi connectivity index (χ3n) is 3.18. The number of carbonyl (C=O) groups is 1. The molecule has 3 nitrogen and oxygen atoms in total. The summed E-state index contributed by atoms with van der Waals surface area (Å²) in [6.07, 6.45) is 10.0. The van der Waals surface area contributed by atoms with Crippen LogP contribution in [-0.2, 0) is 4.79 Å². The third-order valence-corrected chi connectivity index (χ3v) is 3.18. The molecule has 2 N–H and O–H groups in total. The molecule has 0 aromatic heterocycles. The lowest BCUT2D eigenvalue weighted by Crippen LogP contribution is -2.47. The van der Waals surface area contributed by atoms with Gasteiger partial charge in [-0.15, -0.1) is 6.42 Å². The first-order valence-electron chi connectivity index (χ1n) is 6.10. The number of hydrogen-bond donors (Lipinski definition) is 2. The minimum Gasteiger partial charge on any atom is -0.344 e. The van der Waals surface area contributed by atoms with Gasteiger partial charge in [0.25, 0.3) is 0 Å². The van der Waals surface area contributed by atoms with Crippen LogP contribution in [0, 0.1) is 18.3 Å². The van der Waals surface area contributed by atoms with E-state index in [0.29, 0.717) is 12.6 Å². The third kappa shape index (κ3) is 4.24. The zero-order valence-corrected chi connectivity index (χ0v) is 10.3. The lowest BCUT2D eigenvalue weighted by atomic mass is 9.87. The molecule has 1 saturated carbocycles. The van der Waals surface area contributed by atoms with Gasteiger partial charge < -0.3 is 10.6 Å². The molecule has 0 heterocycles. The molecule has 1 aliphatic carbocycles. The summed E-state index contributed by atoms with van der Waals surface area (Å²) in [6, 6.07) is 0.332. The van der Waals surface area contributed by atoms with Crippen LogP contribution in [-0.4, -0.2) is 24.5 Å². The monoisotopic (exact) mass is 222 g/mol. The van der Waals surface area contributed by atoms with E-state index in [1.165, 1.54) is 25.7 Å². The van der Waals surface area contributed by atoms with Crippen molar-refractivity contribution >= 4 is 5.91 Å². The van der Waals surface area contributed by atoms with Crippen LogP contribution in [0.2, 0.25) is 0 Å². The molecule has 0 aromatic carbocycles. The average molecular weight is 222 g/mol. The highest BCUT2D eigenvalue weighted by Crippen LogP contribution is 2.23. The lowest BCUT2D eigenvalue weighted by molar-refractivity contribution is -0.122. The van der Waals surface area contributed by atoms with Crippen molar-refractivity contribution in [2.24, 2.45) is 5.92 Å². The highest BCUT2D eigenvalue weighted by molar-refractivity contribution is 5.81. The first kappa shape index (κ1) is 13.1. The van der Waals surface area contributed by atoms with Crippen LogP contribution in [0.1, 0.15) is 39.5 Å². The number of carbonyl (C=O) groups excluding carboxylic acids is 1. The van der Waals surface area contributed by atoms with E-state index in [0.717, 1.165) is 5.92 Å². The van der Waals surface area contributed by atoms with Crippen LogP contribution in [0.5, 0.6) is 0 Å². The SMILES string of the molecule is C#CCNC(=O)C(C)NC1CCCC(C)C1. The molecule has 90 valence electrons. The Hall–Kier alpha value is -1.01. The first-order chi connectivity index (χ1) is 7.63. The predicted molar refractivity (Wildman–Crippen MR) is 65.9 cm³/mol. The summed E-state index contributed by atoms with van der Waals surface area (Å²) in [5, 5.41) is 6.07. The second-order valence-electron chi connectivity index (χ2n) is 4.78. The number of nitrogens with one attached hydrogen (secondary N) is 2. The van der Waals surface area contributed by atoms with Crippen LogP contribution in [0.4, 0.5) is 0 Å². The minimum absolute atomic E-state index is 0.00354. The molecule has 1 aliphatic rings. The van der Waals surface area contributed by atoms with Crippen molar-refractivity contribution in [1.82, 2.24) is 10.6 Å². The van der Waals surface area contributed by atoms with Crippen LogP contribution in [0.3, 0.4) is 0 Å². The van der Waals surface area contributed by atoms with E-state index in [4.69, 9.17) is 6.42 Å². The molecule has 3 heteroatoms. The smallest absolute Gasteiger partial charge is 0.237 e. The van der Waals surface area contributed by atoms with E-state index in [9.17, 15) is 4.79 Å². The number of terminal acetylenes is 1. The Bertz CT molecular complexity index is 270. The summed E-state index contributed by atoms with van der Waals surface area (Å²) >= 11 is 0. The molecule has 1 amide bonds. The number of hydrogen-bond acceptors (Lipinski definition) is 2. The quantitative estimate of drug-likeness (QED) is 0.704. The molecule has 0 spiro atoms. The predicted octanol–water partition coefficient (Wildman–Crippen LogP) is 1.29. The van der Waals surface area contributed by atoms with Gasteiger partial charge in [0, 0.05) is 6.04 Å². The topological polar surface area (TPSA) is 41.1 Å². The molecule has 3 atom stereocenters. The zero-order valence-electron chi connectivity index (χ0n) is 10.3. The van der Waals surface area contributed by atoms with Gasteiger partial charge in [0.1, 0.15) is 0 Å². The molecule has 0 aliphatic heterocycles. The summed E-state index contributed by atoms with van der Waals surface area (Å²) in [7, 11) is 0. The van der Waals surface area contributed by atoms with Crippen LogP contribution in [0.15, 0.2) is 0 Å². The summed E-state index contributed by atoms with van der Waals surface area (Å²) in [5.74, 6) is 3.17. The maximum atomic E-state index is 11.6. The summed E-state index contributed by atoms with van der Waals surface area (Å²) in [5.41, 5.74) is 0. The van der Waals surface area contributed by atoms with Gasteiger partial charge in [-0.25, -0.2) is 0 Å². The molecule has 1 rings (SSSR count). The van der Waals surface area contributed by atoms with Gasteiger partial charge in [0.05, 0.1) is 12.6 Å². The maximum Gasteiger partial charge on any atom is 0.237 e. The molecule has 3 unspecified atom stereocenters. The normalized spacial score (nSPS) is 26.8. The Balaban J connectivity index is 2.30. The Labute approximate surface area is 98.4 Å². The Morgan fingerprint density at radius 1 is 1.56 bits per heavy atom. The summed E-state index contributed by atoms with van der Waals surface area (Å²) in [6.45, 7) is 4.48. The first-order valence-corrected chi connectivity index (χ1v) is 6.10. The van der Waals surface area contributed by atoms with Gasteiger partial charge in [-0.1, -0.05) is 25.7 Å². The van der Waals surface area contributed by atoms with E-state index >= 15 is 0 Å². The van der Waals surface area contributed by atoms with Crippen LogP contribution < -0.4 is 10.6 Å². The molecule has 0 radical (unpaired) electrons. The Kier molecular flexibility index (Phi) is 5.34. The highest BCUT2D eigenvalue weighted by atomic mass is 16.2. The van der Waals surface area contributed by atoms with E-state index in [-0.39, 0.29) is 11.9 Å². The van der Waals surface area contributed by atoms with Crippen molar-refractivity contribution in [2.75, 3.05) is 6.54 Å². The fourth-order valence-electron chi connectivity index (χ4n) is 2.31. The molecule has 0 aromatic rings. The molecule has 0 saturated heterocycles. The summed E-state index contributed by atoms with van der Waals surface area (Å²) < 4.78 is 0. The van der Waals surface area contributed by atoms with E-state index in [2.05, 4.69) is 23.5 Å². The van der Waals surface area contributed by atoms with Crippen molar-refractivity contribution in [1.29, 1.82) is 0 Å². The largest absolute Gasteiger partial charge is 0.344 e. The number of amides is 1. The van der Waals surface area contributed by atoms with E-state index < -0.39 is 0 Å². The molecule has 0 bridgehead atoms. The number of rotatable bonds is 4. The van der Waals surface area contributed by atoms with Crippen molar-refractivity contribution in [2.45, 2.75) is 51.6 Å². The highest BCUT2D eigenvalue weighted by Gasteiger charge is 2.22. The van der Waals surface area contributed by atoms with Gasteiger partial charge in [-0.3, -0.25) is 4.79 Å². The second kappa shape index (κ2) is 6.55. The van der Waals surface area contributed by atoms with E-state index in [1.807, 2.05) is 6.92 Å².